The topological polar surface area (TPSA) is 37.5 Å². The summed E-state index contributed by atoms with van der Waals surface area (Å²) in [4.78, 5) is 4.37. The Hall–Kier alpha value is -2.29. The van der Waals surface area contributed by atoms with Crippen molar-refractivity contribution in [1.82, 2.24) is 9.38 Å². The molecule has 0 aliphatic carbocycles. The average Bonchev–Trinajstić information content (AvgIpc) is 2.72. The van der Waals surface area contributed by atoms with Crippen LogP contribution in [0.5, 0.6) is 5.75 Å². The van der Waals surface area contributed by atoms with E-state index >= 15 is 0 Å². The number of para-hydroxylation sites is 1. The highest BCUT2D eigenvalue weighted by atomic mass is 16.3. The summed E-state index contributed by atoms with van der Waals surface area (Å²) in [6.45, 7) is 2.05. The average molecular weight is 224 g/mol. The van der Waals surface area contributed by atoms with Crippen molar-refractivity contribution in [2.45, 2.75) is 6.92 Å². The van der Waals surface area contributed by atoms with Crippen molar-refractivity contribution in [3.63, 3.8) is 0 Å². The summed E-state index contributed by atoms with van der Waals surface area (Å²) in [6, 6.07) is 11.3. The van der Waals surface area contributed by atoms with E-state index in [4.69, 9.17) is 0 Å². The molecule has 3 heteroatoms. The van der Waals surface area contributed by atoms with E-state index in [0.29, 0.717) is 0 Å². The Bertz CT molecular complexity index is 686. The lowest BCUT2D eigenvalue weighted by Gasteiger charge is -2.04. The smallest absolute Gasteiger partial charge is 0.148 e. The zero-order chi connectivity index (χ0) is 11.8. The number of imidazole rings is 1. The third-order valence-corrected chi connectivity index (χ3v) is 2.83. The number of aromatic hydroxyl groups is 1. The number of fused-ring (bicyclic) bond motifs is 1. The molecule has 0 saturated heterocycles. The van der Waals surface area contributed by atoms with E-state index in [1.54, 1.807) is 12.1 Å². The highest BCUT2D eigenvalue weighted by Gasteiger charge is 2.09. The summed E-state index contributed by atoms with van der Waals surface area (Å²) >= 11 is 0. The molecule has 0 saturated carbocycles. The molecule has 3 rings (SSSR count). The summed E-state index contributed by atoms with van der Waals surface area (Å²) in [5.41, 5.74) is 2.97. The van der Waals surface area contributed by atoms with Gasteiger partial charge in [0.2, 0.25) is 0 Å². The van der Waals surface area contributed by atoms with Crippen LogP contribution < -0.4 is 0 Å². The molecule has 0 radical (unpaired) electrons. The van der Waals surface area contributed by atoms with Gasteiger partial charge in [0.25, 0.3) is 0 Å². The predicted molar refractivity (Wildman–Crippen MR) is 67.0 cm³/mol. The zero-order valence-corrected chi connectivity index (χ0v) is 9.46. The Kier molecular flexibility index (Phi) is 2.11. The van der Waals surface area contributed by atoms with Crippen LogP contribution in [0.4, 0.5) is 0 Å². The number of rotatable bonds is 1. The van der Waals surface area contributed by atoms with Gasteiger partial charge in [-0.1, -0.05) is 12.1 Å². The number of benzene rings is 1. The molecule has 3 aromatic rings. The highest BCUT2D eigenvalue weighted by Crippen LogP contribution is 2.28. The molecule has 0 spiro atoms. The molecule has 0 bridgehead atoms. The lowest BCUT2D eigenvalue weighted by atomic mass is 10.2. The zero-order valence-electron chi connectivity index (χ0n) is 9.46. The van der Waals surface area contributed by atoms with Crippen LogP contribution in [-0.4, -0.2) is 14.5 Å². The van der Waals surface area contributed by atoms with Gasteiger partial charge in [-0.15, -0.1) is 0 Å². The Labute approximate surface area is 99.0 Å². The van der Waals surface area contributed by atoms with Gasteiger partial charge in [0, 0.05) is 6.20 Å². The van der Waals surface area contributed by atoms with Crippen LogP contribution in [0, 0.1) is 6.92 Å². The number of hydrogen-bond donors (Lipinski definition) is 1. The molecule has 3 nitrogen and oxygen atoms in total. The van der Waals surface area contributed by atoms with Gasteiger partial charge in [0.1, 0.15) is 11.6 Å². The predicted octanol–water partition coefficient (Wildman–Crippen LogP) is 3.02. The van der Waals surface area contributed by atoms with Crippen molar-refractivity contribution in [2.75, 3.05) is 0 Å². The fraction of sp³-hybridized carbons (Fsp3) is 0.0714. The van der Waals surface area contributed by atoms with Crippen molar-refractivity contribution < 1.29 is 5.11 Å². The monoisotopic (exact) mass is 224 g/mol. The van der Waals surface area contributed by atoms with Crippen LogP contribution in [0.1, 0.15) is 5.56 Å². The number of aryl methyl sites for hydroxylation is 1. The van der Waals surface area contributed by atoms with Gasteiger partial charge >= 0.3 is 0 Å². The van der Waals surface area contributed by atoms with Crippen LogP contribution >= 0.6 is 0 Å². The summed E-state index contributed by atoms with van der Waals surface area (Å²) in [5.74, 6) is 1.01. The van der Waals surface area contributed by atoms with E-state index in [-0.39, 0.29) is 5.75 Å². The van der Waals surface area contributed by atoms with Gasteiger partial charge < -0.3 is 5.11 Å². The second kappa shape index (κ2) is 3.63. The molecule has 17 heavy (non-hydrogen) atoms. The minimum absolute atomic E-state index is 0.251. The lowest BCUT2D eigenvalue weighted by molar-refractivity contribution is 0.477. The van der Waals surface area contributed by atoms with Crippen molar-refractivity contribution in [3.8, 4) is 17.1 Å². The van der Waals surface area contributed by atoms with E-state index in [0.717, 1.165) is 16.9 Å². The number of nitrogens with zero attached hydrogens (tertiary/aromatic N) is 2. The first-order chi connectivity index (χ1) is 8.25. The minimum Gasteiger partial charge on any atom is -0.507 e. The second-order valence-electron chi connectivity index (χ2n) is 4.10. The fourth-order valence-electron chi connectivity index (χ4n) is 1.97. The van der Waals surface area contributed by atoms with Crippen molar-refractivity contribution in [2.24, 2.45) is 0 Å². The summed E-state index contributed by atoms with van der Waals surface area (Å²) in [7, 11) is 0. The third-order valence-electron chi connectivity index (χ3n) is 2.83. The number of aromatic nitrogens is 2. The summed E-state index contributed by atoms with van der Waals surface area (Å²) < 4.78 is 1.97. The maximum absolute atomic E-state index is 9.84. The molecular weight excluding hydrogens is 212 g/mol. The molecule has 84 valence electrons. The maximum Gasteiger partial charge on any atom is 0.148 e. The largest absolute Gasteiger partial charge is 0.507 e. The van der Waals surface area contributed by atoms with Gasteiger partial charge in [-0.2, -0.15) is 0 Å². The van der Waals surface area contributed by atoms with E-state index in [1.165, 1.54) is 5.56 Å². The molecule has 0 amide bonds. The molecule has 2 aromatic heterocycles. The van der Waals surface area contributed by atoms with Crippen LogP contribution in [0.25, 0.3) is 16.9 Å². The number of hydrogen-bond acceptors (Lipinski definition) is 2. The first-order valence-electron chi connectivity index (χ1n) is 5.48. The molecule has 0 aliphatic rings. The Morgan fingerprint density at radius 1 is 1.18 bits per heavy atom. The molecule has 2 heterocycles. The van der Waals surface area contributed by atoms with Gasteiger partial charge in [-0.05, 0) is 36.8 Å². The van der Waals surface area contributed by atoms with Gasteiger partial charge in [-0.3, -0.25) is 4.40 Å². The lowest BCUT2D eigenvalue weighted by Crippen LogP contribution is -1.89. The maximum atomic E-state index is 9.84. The van der Waals surface area contributed by atoms with Crippen molar-refractivity contribution >= 4 is 5.52 Å². The Morgan fingerprint density at radius 3 is 2.82 bits per heavy atom. The number of phenols is 1. The van der Waals surface area contributed by atoms with Crippen LogP contribution in [-0.2, 0) is 0 Å². The molecule has 1 aromatic carbocycles. The van der Waals surface area contributed by atoms with E-state index < -0.39 is 0 Å². The molecular formula is C14H12N2O. The van der Waals surface area contributed by atoms with Crippen LogP contribution in [0.3, 0.4) is 0 Å². The number of pyridine rings is 1. The third kappa shape index (κ3) is 1.56. The summed E-state index contributed by atoms with van der Waals surface area (Å²) in [6.07, 6.45) is 3.79. The van der Waals surface area contributed by atoms with Gasteiger partial charge in [0.15, 0.2) is 0 Å². The van der Waals surface area contributed by atoms with Crippen molar-refractivity contribution in [3.05, 3.63) is 54.4 Å². The van der Waals surface area contributed by atoms with E-state index in [9.17, 15) is 5.11 Å². The van der Waals surface area contributed by atoms with Crippen LogP contribution in [0.15, 0.2) is 48.8 Å². The molecule has 1 N–H and O–H groups in total. The molecule has 0 unspecified atom stereocenters. The molecule has 0 atom stereocenters. The summed E-state index contributed by atoms with van der Waals surface area (Å²) in [5, 5.41) is 9.84. The normalized spacial score (nSPS) is 10.9. The fourth-order valence-corrected chi connectivity index (χ4v) is 1.97. The van der Waals surface area contributed by atoms with Crippen LogP contribution in [0.2, 0.25) is 0 Å². The Morgan fingerprint density at radius 2 is 2.00 bits per heavy atom. The first kappa shape index (κ1) is 9.90. The molecule has 0 aliphatic heterocycles. The number of phenolic OH excluding ortho intramolecular Hbond substituents is 1. The second-order valence-corrected chi connectivity index (χ2v) is 4.10. The van der Waals surface area contributed by atoms with Crippen molar-refractivity contribution in [1.29, 1.82) is 0 Å². The SMILES string of the molecule is Cc1ccn2c(-c3ccccc3O)ncc2c1. The van der Waals surface area contributed by atoms with Gasteiger partial charge in [0.05, 0.1) is 17.3 Å². The minimum atomic E-state index is 0.251. The van der Waals surface area contributed by atoms with Gasteiger partial charge in [-0.25, -0.2) is 4.98 Å². The first-order valence-corrected chi connectivity index (χ1v) is 5.48. The standard InChI is InChI=1S/C14H12N2O/c1-10-6-7-16-11(8-10)9-15-14(16)12-4-2-3-5-13(12)17/h2-9,17H,1H3. The quantitative estimate of drug-likeness (QED) is 0.690. The van der Waals surface area contributed by atoms with E-state index in [2.05, 4.69) is 11.1 Å². The molecule has 0 fully saturated rings. The highest BCUT2D eigenvalue weighted by molar-refractivity contribution is 5.68. The van der Waals surface area contributed by atoms with E-state index in [1.807, 2.05) is 41.9 Å². The Balaban J connectivity index is 2.29.